The van der Waals surface area contributed by atoms with Crippen molar-refractivity contribution in [3.05, 3.63) is 34.9 Å². The SMILES string of the molecule is CC1(C)CCC(C)(C)c2cc(CC(C(=O)O)C(=O)O)ccc21. The minimum Gasteiger partial charge on any atom is -0.481 e. The van der Waals surface area contributed by atoms with Gasteiger partial charge in [0.15, 0.2) is 5.92 Å². The van der Waals surface area contributed by atoms with Crippen molar-refractivity contribution in [2.75, 3.05) is 0 Å². The Bertz CT molecular complexity index is 600. The number of carboxylic acid groups (broad SMARTS) is 2. The molecule has 1 aromatic carbocycles. The molecule has 0 atom stereocenters. The second-order valence-electron chi connectivity index (χ2n) is 7.58. The first-order valence-corrected chi connectivity index (χ1v) is 7.64. The van der Waals surface area contributed by atoms with Crippen LogP contribution in [0, 0.1) is 5.92 Å². The van der Waals surface area contributed by atoms with Gasteiger partial charge in [-0.15, -0.1) is 0 Å². The maximum absolute atomic E-state index is 11.1. The van der Waals surface area contributed by atoms with Gasteiger partial charge in [0.1, 0.15) is 0 Å². The van der Waals surface area contributed by atoms with E-state index in [0.717, 1.165) is 18.4 Å². The first-order chi connectivity index (χ1) is 10.0. The molecule has 1 aromatic rings. The van der Waals surface area contributed by atoms with Crippen molar-refractivity contribution in [3.8, 4) is 0 Å². The highest BCUT2D eigenvalue weighted by atomic mass is 16.4. The summed E-state index contributed by atoms with van der Waals surface area (Å²) in [6.07, 6.45) is 2.20. The Hall–Kier alpha value is -1.84. The average molecular weight is 304 g/mol. The van der Waals surface area contributed by atoms with Crippen LogP contribution in [0.2, 0.25) is 0 Å². The molecule has 0 saturated heterocycles. The zero-order chi connectivity index (χ0) is 16.7. The molecule has 1 aliphatic rings. The highest BCUT2D eigenvalue weighted by Gasteiger charge is 2.37. The first-order valence-electron chi connectivity index (χ1n) is 7.64. The van der Waals surface area contributed by atoms with Gasteiger partial charge in [0.25, 0.3) is 0 Å². The quantitative estimate of drug-likeness (QED) is 0.836. The molecule has 0 spiro atoms. The lowest BCUT2D eigenvalue weighted by atomic mass is 9.63. The molecule has 0 aromatic heterocycles. The minimum absolute atomic E-state index is 0.0223. The predicted octanol–water partition coefficient (Wildman–Crippen LogP) is 3.36. The smallest absolute Gasteiger partial charge is 0.318 e. The van der Waals surface area contributed by atoms with E-state index in [2.05, 4.69) is 27.7 Å². The largest absolute Gasteiger partial charge is 0.481 e. The van der Waals surface area contributed by atoms with Crippen LogP contribution in [0.25, 0.3) is 0 Å². The topological polar surface area (TPSA) is 74.6 Å². The molecule has 22 heavy (non-hydrogen) atoms. The number of benzene rings is 1. The molecule has 2 rings (SSSR count). The Morgan fingerprint density at radius 1 is 1.00 bits per heavy atom. The van der Waals surface area contributed by atoms with Crippen LogP contribution in [0.3, 0.4) is 0 Å². The summed E-state index contributed by atoms with van der Waals surface area (Å²) in [5.41, 5.74) is 3.41. The van der Waals surface area contributed by atoms with Crippen LogP contribution in [0.15, 0.2) is 18.2 Å². The fraction of sp³-hybridized carbons (Fsp3) is 0.556. The van der Waals surface area contributed by atoms with Crippen molar-refractivity contribution < 1.29 is 19.8 Å². The average Bonchev–Trinajstić information content (AvgIpc) is 2.40. The van der Waals surface area contributed by atoms with Crippen molar-refractivity contribution in [3.63, 3.8) is 0 Å². The lowest BCUT2D eigenvalue weighted by Crippen LogP contribution is -2.34. The molecule has 0 saturated carbocycles. The molecule has 0 heterocycles. The van der Waals surface area contributed by atoms with Crippen LogP contribution in [0.5, 0.6) is 0 Å². The molecule has 1 aliphatic carbocycles. The summed E-state index contributed by atoms with van der Waals surface area (Å²) in [5.74, 6) is -3.97. The number of carbonyl (C=O) groups is 2. The number of aliphatic carboxylic acids is 2. The molecule has 0 unspecified atom stereocenters. The molecule has 4 nitrogen and oxygen atoms in total. The van der Waals surface area contributed by atoms with E-state index in [4.69, 9.17) is 10.2 Å². The maximum Gasteiger partial charge on any atom is 0.318 e. The summed E-state index contributed by atoms with van der Waals surface area (Å²) in [6.45, 7) is 8.82. The zero-order valence-corrected chi connectivity index (χ0v) is 13.6. The number of rotatable bonds is 4. The molecule has 0 fully saturated rings. The normalized spacial score (nSPS) is 18.8. The van der Waals surface area contributed by atoms with E-state index in [1.807, 2.05) is 18.2 Å². The lowest BCUT2D eigenvalue weighted by molar-refractivity contribution is -0.154. The number of fused-ring (bicyclic) bond motifs is 1. The Balaban J connectivity index is 2.42. The third-order valence-corrected chi connectivity index (χ3v) is 4.95. The van der Waals surface area contributed by atoms with Gasteiger partial charge < -0.3 is 10.2 Å². The van der Waals surface area contributed by atoms with Crippen LogP contribution < -0.4 is 0 Å². The van der Waals surface area contributed by atoms with E-state index >= 15 is 0 Å². The molecule has 120 valence electrons. The second kappa shape index (κ2) is 5.41. The zero-order valence-electron chi connectivity index (χ0n) is 13.6. The van der Waals surface area contributed by atoms with Crippen molar-refractivity contribution in [1.29, 1.82) is 0 Å². The minimum atomic E-state index is -1.39. The standard InChI is InChI=1S/C18H24O4/c1-17(2)7-8-18(3,4)14-10-11(5-6-13(14)17)9-12(15(19)20)16(21)22/h5-6,10,12H,7-9H2,1-4H3,(H,19,20)(H,21,22). The van der Waals surface area contributed by atoms with Gasteiger partial charge in [-0.3, -0.25) is 9.59 Å². The molecule has 4 heteroatoms. The van der Waals surface area contributed by atoms with E-state index in [1.165, 1.54) is 11.1 Å². The van der Waals surface area contributed by atoms with Crippen molar-refractivity contribution in [2.45, 2.75) is 57.8 Å². The Morgan fingerprint density at radius 3 is 2.00 bits per heavy atom. The third kappa shape index (κ3) is 3.01. The van der Waals surface area contributed by atoms with Crippen molar-refractivity contribution in [2.24, 2.45) is 5.92 Å². The van der Waals surface area contributed by atoms with Crippen LogP contribution in [0.4, 0.5) is 0 Å². The van der Waals surface area contributed by atoms with Gasteiger partial charge in [-0.1, -0.05) is 45.9 Å². The van der Waals surface area contributed by atoms with Crippen molar-refractivity contribution in [1.82, 2.24) is 0 Å². The van der Waals surface area contributed by atoms with Gasteiger partial charge in [0, 0.05) is 0 Å². The number of carboxylic acids is 2. The number of hydrogen-bond acceptors (Lipinski definition) is 2. The summed E-state index contributed by atoms with van der Waals surface area (Å²) in [5, 5.41) is 18.1. The molecule has 2 N–H and O–H groups in total. The predicted molar refractivity (Wildman–Crippen MR) is 84.2 cm³/mol. The summed E-state index contributed by atoms with van der Waals surface area (Å²) in [6, 6.07) is 5.93. The summed E-state index contributed by atoms with van der Waals surface area (Å²) in [4.78, 5) is 22.2. The monoisotopic (exact) mass is 304 g/mol. The van der Waals surface area contributed by atoms with E-state index < -0.39 is 17.9 Å². The molecule has 0 aliphatic heterocycles. The van der Waals surface area contributed by atoms with Crippen molar-refractivity contribution >= 4 is 11.9 Å². The lowest BCUT2D eigenvalue weighted by Gasteiger charge is -2.42. The summed E-state index contributed by atoms with van der Waals surface area (Å²) >= 11 is 0. The van der Waals surface area contributed by atoms with Crippen LogP contribution >= 0.6 is 0 Å². The molecule has 0 bridgehead atoms. The Morgan fingerprint density at radius 2 is 1.50 bits per heavy atom. The van der Waals surface area contributed by atoms with Gasteiger partial charge >= 0.3 is 11.9 Å². The number of hydrogen-bond donors (Lipinski definition) is 2. The van der Waals surface area contributed by atoms with Gasteiger partial charge in [0.05, 0.1) is 0 Å². The molecular formula is C18H24O4. The molecule has 0 radical (unpaired) electrons. The Labute approximate surface area is 131 Å². The van der Waals surface area contributed by atoms with Gasteiger partial charge in [-0.25, -0.2) is 0 Å². The van der Waals surface area contributed by atoms with Crippen LogP contribution in [0.1, 0.15) is 57.2 Å². The maximum atomic E-state index is 11.1. The van der Waals surface area contributed by atoms with Crippen LogP contribution in [-0.2, 0) is 26.8 Å². The van der Waals surface area contributed by atoms with Crippen LogP contribution in [-0.4, -0.2) is 22.2 Å². The fourth-order valence-corrected chi connectivity index (χ4v) is 3.28. The summed E-state index contributed by atoms with van der Waals surface area (Å²) < 4.78 is 0. The Kier molecular flexibility index (Phi) is 4.07. The molecule has 0 amide bonds. The van der Waals surface area contributed by atoms with E-state index in [1.54, 1.807) is 0 Å². The highest BCUT2D eigenvalue weighted by Crippen LogP contribution is 2.46. The third-order valence-electron chi connectivity index (χ3n) is 4.95. The van der Waals surface area contributed by atoms with Gasteiger partial charge in [-0.05, 0) is 46.8 Å². The van der Waals surface area contributed by atoms with E-state index in [-0.39, 0.29) is 17.3 Å². The van der Waals surface area contributed by atoms with E-state index in [9.17, 15) is 9.59 Å². The van der Waals surface area contributed by atoms with Gasteiger partial charge in [0.2, 0.25) is 0 Å². The van der Waals surface area contributed by atoms with Gasteiger partial charge in [-0.2, -0.15) is 0 Å². The van der Waals surface area contributed by atoms with E-state index in [0.29, 0.717) is 0 Å². The highest BCUT2D eigenvalue weighted by molar-refractivity contribution is 5.93. The first kappa shape index (κ1) is 16.5. The second-order valence-corrected chi connectivity index (χ2v) is 7.58. The fourth-order valence-electron chi connectivity index (χ4n) is 3.28. The molecular weight excluding hydrogens is 280 g/mol. The summed E-state index contributed by atoms with van der Waals surface area (Å²) in [7, 11) is 0.